The van der Waals surface area contributed by atoms with E-state index in [1.165, 1.54) is 13.0 Å². The molecule has 4 rings (SSSR count). The van der Waals surface area contributed by atoms with Crippen molar-refractivity contribution in [3.8, 4) is 17.2 Å². The van der Waals surface area contributed by atoms with Gasteiger partial charge in [0.05, 0.1) is 12.2 Å². The lowest BCUT2D eigenvalue weighted by molar-refractivity contribution is -0.142. The summed E-state index contributed by atoms with van der Waals surface area (Å²) < 4.78 is 25.7. The minimum atomic E-state index is -1.18. The third-order valence-corrected chi connectivity index (χ3v) is 6.90. The molecule has 198 valence electrons. The fourth-order valence-electron chi connectivity index (χ4n) is 4.91. The number of carboxylic acids is 1. The van der Waals surface area contributed by atoms with Gasteiger partial charge in [-0.25, -0.2) is 9.18 Å². The van der Waals surface area contributed by atoms with Crippen molar-refractivity contribution in [2.75, 3.05) is 19.8 Å². The second-order valence-electron chi connectivity index (χ2n) is 9.69. The molecule has 37 heavy (non-hydrogen) atoms. The standard InChI is InChI=1S/C27H31FN2O7/c1-16(31)29-22(27(34)35)15-37-21-4-2-3-20(11-21)36-14-18-7-5-17(6-8-18)12-30-13-19-9-10-23(32)25(28)24(19)26(30)33/h2-4,9-11,17-18,22,32H,5-8,12-15H2,1H3,(H,29,31)(H,34,35)/t17-,18-,22-/m0/s1. The van der Waals surface area contributed by atoms with Gasteiger partial charge in [-0.15, -0.1) is 0 Å². The Morgan fingerprint density at radius 3 is 2.46 bits per heavy atom. The van der Waals surface area contributed by atoms with Crippen LogP contribution in [-0.4, -0.2) is 58.7 Å². The highest BCUT2D eigenvalue weighted by Crippen LogP contribution is 2.34. The van der Waals surface area contributed by atoms with Gasteiger partial charge in [0.1, 0.15) is 18.1 Å². The number of hydrogen-bond donors (Lipinski definition) is 3. The molecule has 1 heterocycles. The number of phenols is 1. The van der Waals surface area contributed by atoms with Crippen LogP contribution in [0.3, 0.4) is 0 Å². The molecular weight excluding hydrogens is 483 g/mol. The van der Waals surface area contributed by atoms with Crippen molar-refractivity contribution in [3.05, 3.63) is 53.3 Å². The first-order valence-electron chi connectivity index (χ1n) is 12.4. The molecule has 3 N–H and O–H groups in total. The van der Waals surface area contributed by atoms with Crippen LogP contribution in [-0.2, 0) is 16.1 Å². The lowest BCUT2D eigenvalue weighted by Crippen LogP contribution is -2.43. The van der Waals surface area contributed by atoms with Crippen LogP contribution < -0.4 is 14.8 Å². The van der Waals surface area contributed by atoms with Crippen molar-refractivity contribution in [1.29, 1.82) is 0 Å². The molecule has 0 aromatic heterocycles. The number of hydrogen-bond acceptors (Lipinski definition) is 6. The molecule has 1 aliphatic heterocycles. The predicted octanol–water partition coefficient (Wildman–Crippen LogP) is 3.34. The molecule has 0 saturated heterocycles. The summed E-state index contributed by atoms with van der Waals surface area (Å²) in [6, 6.07) is 8.68. The Balaban J connectivity index is 1.21. The third kappa shape index (κ3) is 6.49. The van der Waals surface area contributed by atoms with Gasteiger partial charge in [0.25, 0.3) is 5.91 Å². The second-order valence-corrected chi connectivity index (χ2v) is 9.69. The van der Waals surface area contributed by atoms with E-state index in [0.717, 1.165) is 25.7 Å². The van der Waals surface area contributed by atoms with E-state index in [-0.39, 0.29) is 18.1 Å². The number of aliphatic carboxylic acids is 1. The third-order valence-electron chi connectivity index (χ3n) is 6.90. The highest BCUT2D eigenvalue weighted by molar-refractivity contribution is 5.99. The first-order valence-corrected chi connectivity index (χ1v) is 12.4. The summed E-state index contributed by atoms with van der Waals surface area (Å²) >= 11 is 0. The number of benzene rings is 2. The number of phenolic OH excluding ortho intramolecular Hbond substituents is 1. The lowest BCUT2D eigenvalue weighted by atomic mass is 9.82. The van der Waals surface area contributed by atoms with Gasteiger partial charge in [0.15, 0.2) is 17.6 Å². The quantitative estimate of drug-likeness (QED) is 0.444. The van der Waals surface area contributed by atoms with Gasteiger partial charge in [-0.2, -0.15) is 0 Å². The van der Waals surface area contributed by atoms with Crippen molar-refractivity contribution >= 4 is 17.8 Å². The van der Waals surface area contributed by atoms with E-state index in [1.54, 1.807) is 35.2 Å². The van der Waals surface area contributed by atoms with Crippen LogP contribution in [0, 0.1) is 17.7 Å². The molecule has 1 atom stereocenters. The Labute approximate surface area is 214 Å². The van der Waals surface area contributed by atoms with Gasteiger partial charge in [-0.3, -0.25) is 9.59 Å². The summed E-state index contributed by atoms with van der Waals surface area (Å²) in [5.41, 5.74) is 0.601. The van der Waals surface area contributed by atoms with Crippen LogP contribution >= 0.6 is 0 Å². The number of nitrogens with zero attached hydrogens (tertiary/aromatic N) is 1. The van der Waals surface area contributed by atoms with Gasteiger partial charge >= 0.3 is 5.97 Å². The number of amides is 2. The Bertz CT molecular complexity index is 1160. The Morgan fingerprint density at radius 2 is 1.78 bits per heavy atom. The number of carbonyl (C=O) groups excluding carboxylic acids is 2. The van der Waals surface area contributed by atoms with E-state index in [0.29, 0.717) is 48.6 Å². The highest BCUT2D eigenvalue weighted by Gasteiger charge is 2.34. The van der Waals surface area contributed by atoms with Crippen molar-refractivity contribution in [2.24, 2.45) is 11.8 Å². The number of aromatic hydroxyl groups is 1. The topological polar surface area (TPSA) is 125 Å². The minimum Gasteiger partial charge on any atom is -0.505 e. The van der Waals surface area contributed by atoms with Gasteiger partial charge in [0.2, 0.25) is 5.91 Å². The summed E-state index contributed by atoms with van der Waals surface area (Å²) in [6.45, 7) is 2.50. The van der Waals surface area contributed by atoms with Gasteiger partial charge < -0.3 is 29.9 Å². The smallest absolute Gasteiger partial charge is 0.329 e. The van der Waals surface area contributed by atoms with Crippen molar-refractivity contribution in [1.82, 2.24) is 10.2 Å². The number of carboxylic acid groups (broad SMARTS) is 1. The molecule has 10 heteroatoms. The average Bonchev–Trinajstić information content (AvgIpc) is 3.19. The summed E-state index contributed by atoms with van der Waals surface area (Å²) in [7, 11) is 0. The van der Waals surface area contributed by atoms with Crippen LogP contribution in [0.2, 0.25) is 0 Å². The molecule has 1 aliphatic carbocycles. The zero-order valence-corrected chi connectivity index (χ0v) is 20.6. The van der Waals surface area contributed by atoms with Crippen molar-refractivity contribution < 1.29 is 38.5 Å². The zero-order chi connectivity index (χ0) is 26.5. The molecule has 2 aromatic rings. The number of halogens is 1. The molecule has 2 amide bonds. The minimum absolute atomic E-state index is 0.0121. The lowest BCUT2D eigenvalue weighted by Gasteiger charge is -2.31. The summed E-state index contributed by atoms with van der Waals surface area (Å²) in [6.07, 6.45) is 3.76. The molecule has 2 aliphatic rings. The Hall–Kier alpha value is -3.82. The van der Waals surface area contributed by atoms with Crippen LogP contribution in [0.1, 0.15) is 48.5 Å². The molecule has 0 radical (unpaired) electrons. The van der Waals surface area contributed by atoms with E-state index in [9.17, 15) is 29.0 Å². The Kier molecular flexibility index (Phi) is 8.15. The zero-order valence-electron chi connectivity index (χ0n) is 20.6. The van der Waals surface area contributed by atoms with Crippen LogP contribution in [0.25, 0.3) is 0 Å². The normalized spacial score (nSPS) is 19.7. The molecule has 0 unspecified atom stereocenters. The first kappa shape index (κ1) is 26.2. The van der Waals surface area contributed by atoms with Gasteiger partial charge in [-0.05, 0) is 61.3 Å². The summed E-state index contributed by atoms with van der Waals surface area (Å²) in [4.78, 5) is 36.7. The highest BCUT2D eigenvalue weighted by atomic mass is 19.1. The van der Waals surface area contributed by atoms with Gasteiger partial charge in [-0.1, -0.05) is 12.1 Å². The van der Waals surface area contributed by atoms with E-state index in [1.807, 2.05) is 0 Å². The van der Waals surface area contributed by atoms with E-state index < -0.39 is 29.5 Å². The second kappa shape index (κ2) is 11.5. The molecule has 9 nitrogen and oxygen atoms in total. The van der Waals surface area contributed by atoms with Crippen molar-refractivity contribution in [3.63, 3.8) is 0 Å². The number of fused-ring (bicyclic) bond motifs is 1. The predicted molar refractivity (Wildman–Crippen MR) is 131 cm³/mol. The first-order chi connectivity index (χ1) is 17.7. The molecule has 1 saturated carbocycles. The molecular formula is C27H31FN2O7. The average molecular weight is 515 g/mol. The van der Waals surface area contributed by atoms with E-state index in [2.05, 4.69) is 5.32 Å². The fourth-order valence-corrected chi connectivity index (χ4v) is 4.91. The molecule has 0 bridgehead atoms. The van der Waals surface area contributed by atoms with E-state index in [4.69, 9.17) is 9.47 Å². The number of rotatable bonds is 10. The monoisotopic (exact) mass is 514 g/mol. The number of ether oxygens (including phenoxy) is 2. The number of carbonyl (C=O) groups is 3. The Morgan fingerprint density at radius 1 is 1.11 bits per heavy atom. The van der Waals surface area contributed by atoms with Crippen LogP contribution in [0.15, 0.2) is 36.4 Å². The molecule has 2 aromatic carbocycles. The molecule has 1 fully saturated rings. The van der Waals surface area contributed by atoms with Gasteiger partial charge in [0, 0.05) is 26.1 Å². The maximum atomic E-state index is 14.2. The maximum Gasteiger partial charge on any atom is 0.329 e. The van der Waals surface area contributed by atoms with Crippen LogP contribution in [0.5, 0.6) is 17.2 Å². The maximum absolute atomic E-state index is 14.2. The van der Waals surface area contributed by atoms with Crippen molar-refractivity contribution in [2.45, 2.75) is 45.2 Å². The van der Waals surface area contributed by atoms with Crippen LogP contribution in [0.4, 0.5) is 4.39 Å². The largest absolute Gasteiger partial charge is 0.505 e. The molecule has 0 spiro atoms. The SMILES string of the molecule is CC(=O)N[C@@H](COc1cccc(OC[C@H]2CC[C@H](CN3Cc4ccc(O)c(F)c4C3=O)CC2)c1)C(=O)O. The summed E-state index contributed by atoms with van der Waals surface area (Å²) in [5, 5.41) is 21.1. The summed E-state index contributed by atoms with van der Waals surface area (Å²) in [5.74, 6) is -1.59. The van der Waals surface area contributed by atoms with E-state index >= 15 is 0 Å². The fraction of sp³-hybridized carbons (Fsp3) is 0.444. The number of nitrogens with one attached hydrogen (secondary N) is 1.